The molecule has 0 saturated heterocycles. The van der Waals surface area contributed by atoms with Gasteiger partial charge in [-0.25, -0.2) is 8.78 Å². The molecule has 0 radical (unpaired) electrons. The van der Waals surface area contributed by atoms with Crippen LogP contribution in [-0.4, -0.2) is 6.04 Å². The fraction of sp³-hybridized carbons (Fsp3) is 0.571. The standard InChI is InChI=1S/C14H19F2N/c1-14(2)7-5-11(6-8-14)17-13-4-3-10(15)9-12(13)16/h3-4,9,11,17H,5-8H2,1-2H3. The summed E-state index contributed by atoms with van der Waals surface area (Å²) in [4.78, 5) is 0. The largest absolute Gasteiger partial charge is 0.380 e. The molecule has 0 spiro atoms. The first kappa shape index (κ1) is 12.3. The van der Waals surface area contributed by atoms with Crippen molar-refractivity contribution in [1.29, 1.82) is 0 Å². The minimum Gasteiger partial charge on any atom is -0.380 e. The van der Waals surface area contributed by atoms with Crippen LogP contribution < -0.4 is 5.32 Å². The van der Waals surface area contributed by atoms with Crippen LogP contribution in [0, 0.1) is 17.0 Å². The van der Waals surface area contributed by atoms with Gasteiger partial charge in [-0.3, -0.25) is 0 Å². The zero-order chi connectivity index (χ0) is 12.5. The van der Waals surface area contributed by atoms with E-state index in [2.05, 4.69) is 19.2 Å². The number of halogens is 2. The van der Waals surface area contributed by atoms with Crippen LogP contribution in [0.5, 0.6) is 0 Å². The van der Waals surface area contributed by atoms with Crippen LogP contribution in [0.15, 0.2) is 18.2 Å². The van der Waals surface area contributed by atoms with Crippen LogP contribution in [0.3, 0.4) is 0 Å². The van der Waals surface area contributed by atoms with Gasteiger partial charge in [-0.1, -0.05) is 13.8 Å². The average molecular weight is 239 g/mol. The number of nitrogens with one attached hydrogen (secondary N) is 1. The molecule has 0 amide bonds. The van der Waals surface area contributed by atoms with Crippen LogP contribution in [0.4, 0.5) is 14.5 Å². The van der Waals surface area contributed by atoms with E-state index in [-0.39, 0.29) is 0 Å². The number of anilines is 1. The maximum absolute atomic E-state index is 13.5. The van der Waals surface area contributed by atoms with Crippen molar-refractivity contribution in [2.45, 2.75) is 45.6 Å². The zero-order valence-corrected chi connectivity index (χ0v) is 10.4. The van der Waals surface area contributed by atoms with Gasteiger partial charge in [-0.2, -0.15) is 0 Å². The lowest BCUT2D eigenvalue weighted by Gasteiger charge is -2.35. The molecule has 0 heterocycles. The molecule has 2 rings (SSSR count). The Bertz CT molecular complexity index is 391. The lowest BCUT2D eigenvalue weighted by atomic mass is 9.75. The van der Waals surface area contributed by atoms with Crippen molar-refractivity contribution in [2.75, 3.05) is 5.32 Å². The fourth-order valence-electron chi connectivity index (χ4n) is 2.37. The van der Waals surface area contributed by atoms with Crippen LogP contribution in [0.2, 0.25) is 0 Å². The first-order valence-corrected chi connectivity index (χ1v) is 6.18. The summed E-state index contributed by atoms with van der Waals surface area (Å²) in [5, 5.41) is 3.17. The molecule has 0 bridgehead atoms. The van der Waals surface area contributed by atoms with E-state index < -0.39 is 11.6 Å². The van der Waals surface area contributed by atoms with Crippen LogP contribution in [0.25, 0.3) is 0 Å². The predicted molar refractivity (Wildman–Crippen MR) is 66.0 cm³/mol. The highest BCUT2D eigenvalue weighted by Gasteiger charge is 2.26. The van der Waals surface area contributed by atoms with Crippen molar-refractivity contribution in [2.24, 2.45) is 5.41 Å². The topological polar surface area (TPSA) is 12.0 Å². The van der Waals surface area contributed by atoms with E-state index in [1.54, 1.807) is 0 Å². The van der Waals surface area contributed by atoms with E-state index in [0.717, 1.165) is 31.7 Å². The summed E-state index contributed by atoms with van der Waals surface area (Å²) in [5.74, 6) is -1.03. The van der Waals surface area contributed by atoms with E-state index in [1.807, 2.05) is 0 Å². The number of rotatable bonds is 2. The van der Waals surface area contributed by atoms with Gasteiger partial charge in [0.05, 0.1) is 5.69 Å². The second-order valence-corrected chi connectivity index (χ2v) is 5.71. The van der Waals surface area contributed by atoms with E-state index >= 15 is 0 Å². The van der Waals surface area contributed by atoms with Crippen LogP contribution in [0.1, 0.15) is 39.5 Å². The Balaban J connectivity index is 1.98. The molecule has 0 aromatic heterocycles. The smallest absolute Gasteiger partial charge is 0.149 e. The quantitative estimate of drug-likeness (QED) is 0.809. The molecule has 94 valence electrons. The molecule has 1 aromatic carbocycles. The Hall–Kier alpha value is -1.12. The molecule has 1 N–H and O–H groups in total. The highest BCUT2D eigenvalue weighted by molar-refractivity contribution is 5.45. The lowest BCUT2D eigenvalue weighted by Crippen LogP contribution is -2.30. The Labute approximate surface area is 101 Å². The number of benzene rings is 1. The predicted octanol–water partition coefficient (Wildman–Crippen LogP) is 4.35. The van der Waals surface area contributed by atoms with Crippen molar-refractivity contribution >= 4 is 5.69 Å². The molecule has 3 heteroatoms. The molecule has 17 heavy (non-hydrogen) atoms. The maximum atomic E-state index is 13.5. The molecule has 1 nitrogen and oxygen atoms in total. The van der Waals surface area contributed by atoms with Gasteiger partial charge in [0.2, 0.25) is 0 Å². The third kappa shape index (κ3) is 3.18. The average Bonchev–Trinajstić information content (AvgIpc) is 2.25. The van der Waals surface area contributed by atoms with Gasteiger partial charge in [0.15, 0.2) is 0 Å². The second-order valence-electron chi connectivity index (χ2n) is 5.71. The minimum atomic E-state index is -0.530. The van der Waals surface area contributed by atoms with Crippen molar-refractivity contribution < 1.29 is 8.78 Å². The third-order valence-corrected chi connectivity index (χ3v) is 3.63. The first-order valence-electron chi connectivity index (χ1n) is 6.18. The van der Waals surface area contributed by atoms with Gasteiger partial charge in [-0.15, -0.1) is 0 Å². The van der Waals surface area contributed by atoms with Crippen LogP contribution >= 0.6 is 0 Å². The number of hydrogen-bond acceptors (Lipinski definition) is 1. The summed E-state index contributed by atoms with van der Waals surface area (Å²) in [5.41, 5.74) is 0.815. The maximum Gasteiger partial charge on any atom is 0.149 e. The normalized spacial score (nSPS) is 20.2. The van der Waals surface area contributed by atoms with Crippen molar-refractivity contribution in [3.8, 4) is 0 Å². The minimum absolute atomic E-state index is 0.308. The fourth-order valence-corrected chi connectivity index (χ4v) is 2.37. The summed E-state index contributed by atoms with van der Waals surface area (Å²) < 4.78 is 26.2. The van der Waals surface area contributed by atoms with Gasteiger partial charge in [0.25, 0.3) is 0 Å². The molecule has 1 aliphatic carbocycles. The van der Waals surface area contributed by atoms with E-state index in [4.69, 9.17) is 0 Å². The monoisotopic (exact) mass is 239 g/mol. The van der Waals surface area contributed by atoms with Gasteiger partial charge < -0.3 is 5.32 Å². The van der Waals surface area contributed by atoms with E-state index in [1.165, 1.54) is 12.1 Å². The van der Waals surface area contributed by atoms with Crippen LogP contribution in [-0.2, 0) is 0 Å². The molecule has 0 aliphatic heterocycles. The third-order valence-electron chi connectivity index (χ3n) is 3.63. The summed E-state index contributed by atoms with van der Waals surface area (Å²) >= 11 is 0. The highest BCUT2D eigenvalue weighted by Crippen LogP contribution is 2.36. The SMILES string of the molecule is CC1(C)CCC(Nc2ccc(F)cc2F)CC1. The highest BCUT2D eigenvalue weighted by atomic mass is 19.1. The van der Waals surface area contributed by atoms with Gasteiger partial charge in [0.1, 0.15) is 11.6 Å². The Morgan fingerprint density at radius 1 is 1.18 bits per heavy atom. The summed E-state index contributed by atoms with van der Waals surface area (Å²) in [7, 11) is 0. The summed E-state index contributed by atoms with van der Waals surface area (Å²) in [6.07, 6.45) is 4.38. The Kier molecular flexibility index (Phi) is 3.36. The molecule has 1 aliphatic rings. The molecule has 1 fully saturated rings. The van der Waals surface area contributed by atoms with Gasteiger partial charge in [0, 0.05) is 12.1 Å². The summed E-state index contributed by atoms with van der Waals surface area (Å²) in [6.45, 7) is 4.53. The zero-order valence-electron chi connectivity index (χ0n) is 10.4. The van der Waals surface area contributed by atoms with E-state index in [9.17, 15) is 8.78 Å². The Morgan fingerprint density at radius 2 is 1.82 bits per heavy atom. The molecule has 0 atom stereocenters. The molecule has 1 aromatic rings. The first-order chi connectivity index (χ1) is 7.96. The van der Waals surface area contributed by atoms with Gasteiger partial charge in [-0.05, 0) is 43.2 Å². The lowest BCUT2D eigenvalue weighted by molar-refractivity contribution is 0.232. The van der Waals surface area contributed by atoms with Crippen molar-refractivity contribution in [3.63, 3.8) is 0 Å². The van der Waals surface area contributed by atoms with Gasteiger partial charge >= 0.3 is 0 Å². The molecular formula is C14H19F2N. The Morgan fingerprint density at radius 3 is 2.41 bits per heavy atom. The number of hydrogen-bond donors (Lipinski definition) is 1. The summed E-state index contributed by atoms with van der Waals surface area (Å²) in [6, 6.07) is 4.00. The second kappa shape index (κ2) is 4.63. The van der Waals surface area contributed by atoms with Crippen molar-refractivity contribution in [1.82, 2.24) is 0 Å². The molecular weight excluding hydrogens is 220 g/mol. The van der Waals surface area contributed by atoms with E-state index in [0.29, 0.717) is 17.1 Å². The molecule has 0 unspecified atom stereocenters. The van der Waals surface area contributed by atoms with Crippen molar-refractivity contribution in [3.05, 3.63) is 29.8 Å². The molecule has 1 saturated carbocycles.